The molecule has 0 fully saturated rings. The molecular formula is C23H25Cl2N5O2S. The second-order valence-electron chi connectivity index (χ2n) is 7.98. The van der Waals surface area contributed by atoms with Crippen molar-refractivity contribution in [3.63, 3.8) is 0 Å². The number of carbonyl (C=O) groups is 2. The number of H-pyrrole nitrogens is 1. The second-order valence-corrected chi connectivity index (χ2v) is 9.76. The number of carbonyl (C=O) groups excluding carboxylic acids is 2. The predicted molar refractivity (Wildman–Crippen MR) is 133 cm³/mol. The van der Waals surface area contributed by atoms with E-state index in [4.69, 9.17) is 23.2 Å². The molecule has 10 heteroatoms. The maximum absolute atomic E-state index is 12.8. The number of halogens is 2. The summed E-state index contributed by atoms with van der Waals surface area (Å²) in [4.78, 5) is 29.6. The number of aryl methyl sites for hydroxylation is 2. The molecule has 7 nitrogen and oxygen atoms in total. The van der Waals surface area contributed by atoms with Crippen LogP contribution >= 0.6 is 35.0 Å². The Morgan fingerprint density at radius 3 is 2.55 bits per heavy atom. The van der Waals surface area contributed by atoms with Crippen molar-refractivity contribution in [2.24, 2.45) is 5.92 Å². The average Bonchev–Trinajstić information content (AvgIpc) is 3.21. The Balaban J connectivity index is 1.62. The zero-order valence-corrected chi connectivity index (χ0v) is 21.0. The molecule has 0 bridgehead atoms. The topological polar surface area (TPSA) is 99.8 Å². The van der Waals surface area contributed by atoms with E-state index in [1.165, 1.54) is 17.8 Å². The normalized spacial score (nSPS) is 12.0. The molecule has 0 saturated heterocycles. The van der Waals surface area contributed by atoms with Gasteiger partial charge in [0.2, 0.25) is 11.1 Å². The summed E-state index contributed by atoms with van der Waals surface area (Å²) in [6, 6.07) is 10.1. The fraction of sp³-hybridized carbons (Fsp3) is 0.304. The van der Waals surface area contributed by atoms with Gasteiger partial charge in [0.25, 0.3) is 5.91 Å². The van der Waals surface area contributed by atoms with Crippen LogP contribution in [0.4, 0.5) is 5.69 Å². The van der Waals surface area contributed by atoms with Crippen molar-refractivity contribution in [1.82, 2.24) is 20.5 Å². The summed E-state index contributed by atoms with van der Waals surface area (Å²) in [5.74, 6) is 0.196. The van der Waals surface area contributed by atoms with E-state index in [0.29, 0.717) is 21.6 Å². The van der Waals surface area contributed by atoms with Crippen LogP contribution in [0.1, 0.15) is 47.2 Å². The first kappa shape index (κ1) is 25.1. The van der Waals surface area contributed by atoms with Gasteiger partial charge in [-0.2, -0.15) is 0 Å². The zero-order chi connectivity index (χ0) is 24.1. The Kier molecular flexibility index (Phi) is 8.40. The molecule has 3 rings (SSSR count). The van der Waals surface area contributed by atoms with E-state index in [1.54, 1.807) is 12.1 Å². The summed E-state index contributed by atoms with van der Waals surface area (Å²) >= 11 is 13.3. The van der Waals surface area contributed by atoms with E-state index in [1.807, 2.05) is 45.9 Å². The third kappa shape index (κ3) is 6.72. The number of anilines is 1. The number of benzene rings is 2. The van der Waals surface area contributed by atoms with E-state index < -0.39 is 6.04 Å². The van der Waals surface area contributed by atoms with Gasteiger partial charge in [0.1, 0.15) is 5.82 Å². The number of nitrogens with zero attached hydrogens (tertiary/aromatic N) is 2. The summed E-state index contributed by atoms with van der Waals surface area (Å²) < 4.78 is 0. The minimum absolute atomic E-state index is 0.0265. The smallest absolute Gasteiger partial charge is 0.253 e. The van der Waals surface area contributed by atoms with Crippen molar-refractivity contribution in [3.05, 3.63) is 69.0 Å². The van der Waals surface area contributed by atoms with E-state index in [2.05, 4.69) is 25.8 Å². The maximum Gasteiger partial charge on any atom is 0.253 e. The number of rotatable bonds is 8. The minimum Gasteiger partial charge on any atom is -0.342 e. The highest BCUT2D eigenvalue weighted by Crippen LogP contribution is 2.25. The quantitative estimate of drug-likeness (QED) is 0.346. The molecule has 0 aliphatic rings. The largest absolute Gasteiger partial charge is 0.342 e. The number of nitrogens with one attached hydrogen (secondary N) is 3. The molecule has 0 aliphatic carbocycles. The Morgan fingerprint density at radius 2 is 1.88 bits per heavy atom. The van der Waals surface area contributed by atoms with Crippen LogP contribution in [0, 0.1) is 19.8 Å². The maximum atomic E-state index is 12.8. The summed E-state index contributed by atoms with van der Waals surface area (Å²) in [6.07, 6.45) is 0. The van der Waals surface area contributed by atoms with E-state index in [0.717, 1.165) is 16.8 Å². The lowest BCUT2D eigenvalue weighted by atomic mass is 10.0. The van der Waals surface area contributed by atoms with Gasteiger partial charge in [-0.3, -0.25) is 14.7 Å². The van der Waals surface area contributed by atoms with Crippen molar-refractivity contribution in [2.45, 2.75) is 38.9 Å². The van der Waals surface area contributed by atoms with Crippen LogP contribution < -0.4 is 10.6 Å². The Labute approximate surface area is 207 Å². The van der Waals surface area contributed by atoms with E-state index in [-0.39, 0.29) is 28.5 Å². The highest BCUT2D eigenvalue weighted by molar-refractivity contribution is 7.99. The number of aromatic nitrogens is 3. The van der Waals surface area contributed by atoms with Crippen LogP contribution in [0.2, 0.25) is 10.0 Å². The molecule has 1 heterocycles. The van der Waals surface area contributed by atoms with Crippen LogP contribution in [0.3, 0.4) is 0 Å². The molecule has 2 amide bonds. The van der Waals surface area contributed by atoms with Crippen LogP contribution in [0.25, 0.3) is 0 Å². The molecule has 0 unspecified atom stereocenters. The van der Waals surface area contributed by atoms with Gasteiger partial charge >= 0.3 is 0 Å². The Bertz CT molecular complexity index is 1170. The summed E-state index contributed by atoms with van der Waals surface area (Å²) in [5.41, 5.74) is 3.25. The molecule has 1 aromatic heterocycles. The highest BCUT2D eigenvalue weighted by atomic mass is 35.5. The Morgan fingerprint density at radius 1 is 1.12 bits per heavy atom. The van der Waals surface area contributed by atoms with Crippen molar-refractivity contribution >= 4 is 52.5 Å². The van der Waals surface area contributed by atoms with Crippen molar-refractivity contribution in [2.75, 3.05) is 11.1 Å². The number of hydrogen-bond donors (Lipinski definition) is 3. The number of hydrogen-bond acceptors (Lipinski definition) is 5. The molecular weight excluding hydrogens is 481 g/mol. The molecule has 174 valence electrons. The summed E-state index contributed by atoms with van der Waals surface area (Å²) in [6.45, 7) is 7.88. The van der Waals surface area contributed by atoms with Gasteiger partial charge < -0.3 is 10.6 Å². The first-order valence-corrected chi connectivity index (χ1v) is 12.1. The Hall–Kier alpha value is -2.55. The van der Waals surface area contributed by atoms with Crippen LogP contribution in [-0.2, 0) is 4.79 Å². The van der Waals surface area contributed by atoms with Gasteiger partial charge in [-0.15, -0.1) is 5.10 Å². The molecule has 0 spiro atoms. The zero-order valence-electron chi connectivity index (χ0n) is 18.7. The molecule has 3 N–H and O–H groups in total. The standard InChI is InChI=1S/C23H25Cl2N5O2S/c1-12(2)20(27-22(32)16-7-6-15(24)10-17(16)25)21-28-23(30-29-21)33-11-19(31)26-18-8-5-13(3)9-14(18)4/h5-10,12,20H,11H2,1-4H3,(H,26,31)(H,27,32)(H,28,29,30)/t20-/m1/s1. The van der Waals surface area contributed by atoms with Gasteiger partial charge in [-0.1, -0.05) is 66.5 Å². The van der Waals surface area contributed by atoms with Gasteiger partial charge in [0, 0.05) is 10.7 Å². The van der Waals surface area contributed by atoms with Crippen LogP contribution in [0.15, 0.2) is 41.6 Å². The number of thioether (sulfide) groups is 1. The predicted octanol–water partition coefficient (Wildman–Crippen LogP) is 5.59. The first-order chi connectivity index (χ1) is 15.6. The van der Waals surface area contributed by atoms with Gasteiger partial charge in [-0.05, 0) is 49.6 Å². The fourth-order valence-corrected chi connectivity index (χ4v) is 4.28. The number of amides is 2. The third-order valence-corrected chi connectivity index (χ3v) is 6.29. The van der Waals surface area contributed by atoms with Crippen LogP contribution in [-0.4, -0.2) is 32.7 Å². The fourth-order valence-electron chi connectivity index (χ4n) is 3.18. The lowest BCUT2D eigenvalue weighted by Crippen LogP contribution is -2.32. The molecule has 0 saturated carbocycles. The van der Waals surface area contributed by atoms with Crippen molar-refractivity contribution < 1.29 is 9.59 Å². The molecule has 1 atom stereocenters. The van der Waals surface area contributed by atoms with Crippen molar-refractivity contribution in [3.8, 4) is 0 Å². The first-order valence-electron chi connectivity index (χ1n) is 10.3. The molecule has 2 aromatic carbocycles. The monoisotopic (exact) mass is 505 g/mol. The van der Waals surface area contributed by atoms with Gasteiger partial charge in [0.15, 0.2) is 0 Å². The summed E-state index contributed by atoms with van der Waals surface area (Å²) in [5, 5.41) is 14.1. The molecule has 0 radical (unpaired) electrons. The minimum atomic E-state index is -0.421. The van der Waals surface area contributed by atoms with Gasteiger partial charge in [0.05, 0.1) is 22.4 Å². The third-order valence-electron chi connectivity index (χ3n) is 4.89. The van der Waals surface area contributed by atoms with Gasteiger partial charge in [-0.25, -0.2) is 4.98 Å². The molecule has 3 aromatic rings. The molecule has 0 aliphatic heterocycles. The van der Waals surface area contributed by atoms with Crippen LogP contribution in [0.5, 0.6) is 0 Å². The molecule has 33 heavy (non-hydrogen) atoms. The SMILES string of the molecule is Cc1ccc(NC(=O)CSc2n[nH]c([C@H](NC(=O)c3ccc(Cl)cc3Cl)C(C)C)n2)c(C)c1. The lowest BCUT2D eigenvalue weighted by Gasteiger charge is -2.20. The second kappa shape index (κ2) is 11.0. The average molecular weight is 506 g/mol. The van der Waals surface area contributed by atoms with E-state index in [9.17, 15) is 9.59 Å². The van der Waals surface area contributed by atoms with E-state index >= 15 is 0 Å². The highest BCUT2D eigenvalue weighted by Gasteiger charge is 2.24. The lowest BCUT2D eigenvalue weighted by molar-refractivity contribution is -0.113. The van der Waals surface area contributed by atoms with Crippen molar-refractivity contribution in [1.29, 1.82) is 0 Å². The summed E-state index contributed by atoms with van der Waals surface area (Å²) in [7, 11) is 0. The number of aromatic amines is 1.